The van der Waals surface area contributed by atoms with E-state index < -0.39 is 0 Å². The number of nitrogens with one attached hydrogen (secondary N) is 1. The fraction of sp³-hybridized carbons (Fsp3) is 0.429. The molecule has 1 fully saturated rings. The summed E-state index contributed by atoms with van der Waals surface area (Å²) in [5.41, 5.74) is 1.04. The van der Waals surface area contributed by atoms with Gasteiger partial charge in [0.1, 0.15) is 11.8 Å². The first kappa shape index (κ1) is 13.1. The first-order valence-electron chi connectivity index (χ1n) is 6.62. The highest BCUT2D eigenvalue weighted by atomic mass is 16.5. The number of rotatable bonds is 4. The van der Waals surface area contributed by atoms with Gasteiger partial charge in [-0.15, -0.1) is 0 Å². The minimum Gasteiger partial charge on any atom is -0.496 e. The third kappa shape index (κ3) is 2.81. The van der Waals surface area contributed by atoms with Crippen molar-refractivity contribution in [3.8, 4) is 5.75 Å². The Morgan fingerprint density at radius 3 is 3.10 bits per heavy atom. The van der Waals surface area contributed by atoms with E-state index >= 15 is 0 Å². The van der Waals surface area contributed by atoms with Gasteiger partial charge in [-0.3, -0.25) is 0 Å². The molecule has 6 heteroatoms. The number of methoxy groups -OCH3 is 1. The van der Waals surface area contributed by atoms with Crippen LogP contribution in [0.3, 0.4) is 0 Å². The second kappa shape index (κ2) is 6.02. The molecular formula is C14H17N3O3. The largest absolute Gasteiger partial charge is 0.496 e. The van der Waals surface area contributed by atoms with Crippen LogP contribution in [0.5, 0.6) is 5.75 Å². The minimum absolute atomic E-state index is 0.0114. The van der Waals surface area contributed by atoms with Crippen molar-refractivity contribution in [2.24, 2.45) is 0 Å². The lowest BCUT2D eigenvalue weighted by atomic mass is 10.1. The average molecular weight is 275 g/mol. The van der Waals surface area contributed by atoms with Gasteiger partial charge in [0.2, 0.25) is 5.89 Å². The van der Waals surface area contributed by atoms with Gasteiger partial charge in [-0.2, -0.15) is 4.98 Å². The number of hydrogen-bond donors (Lipinski definition) is 1. The normalized spacial score (nSPS) is 18.9. The minimum atomic E-state index is -0.0114. The Kier molecular flexibility index (Phi) is 3.94. The van der Waals surface area contributed by atoms with E-state index in [0.717, 1.165) is 24.5 Å². The highest BCUT2D eigenvalue weighted by molar-refractivity contribution is 5.35. The maximum atomic E-state index is 5.39. The average Bonchev–Trinajstić information content (AvgIpc) is 2.97. The molecule has 1 aliphatic rings. The van der Waals surface area contributed by atoms with Crippen LogP contribution in [-0.4, -0.2) is 37.0 Å². The van der Waals surface area contributed by atoms with Crippen molar-refractivity contribution >= 4 is 0 Å². The maximum absolute atomic E-state index is 5.39. The quantitative estimate of drug-likeness (QED) is 0.907. The van der Waals surface area contributed by atoms with Crippen molar-refractivity contribution in [2.45, 2.75) is 12.5 Å². The second-order valence-electron chi connectivity index (χ2n) is 4.62. The van der Waals surface area contributed by atoms with E-state index in [1.54, 1.807) is 7.11 Å². The molecule has 0 saturated carbocycles. The zero-order valence-corrected chi connectivity index (χ0v) is 11.3. The maximum Gasteiger partial charge on any atom is 0.246 e. The van der Waals surface area contributed by atoms with Gasteiger partial charge in [-0.05, 0) is 6.07 Å². The highest BCUT2D eigenvalue weighted by Gasteiger charge is 2.21. The van der Waals surface area contributed by atoms with Crippen molar-refractivity contribution in [3.63, 3.8) is 0 Å². The van der Waals surface area contributed by atoms with Crippen molar-refractivity contribution in [1.82, 2.24) is 15.5 Å². The molecule has 0 spiro atoms. The predicted octanol–water partition coefficient (Wildman–Crippen LogP) is 1.33. The molecule has 0 aliphatic carbocycles. The molecule has 2 heterocycles. The zero-order valence-electron chi connectivity index (χ0n) is 11.3. The SMILES string of the molecule is COc1ccccc1Cc1noc(C2COCCN2)n1. The fourth-order valence-electron chi connectivity index (χ4n) is 2.22. The van der Waals surface area contributed by atoms with Gasteiger partial charge in [0.05, 0.1) is 20.3 Å². The molecule has 106 valence electrons. The van der Waals surface area contributed by atoms with E-state index in [2.05, 4.69) is 15.5 Å². The van der Waals surface area contributed by atoms with Gasteiger partial charge in [0, 0.05) is 18.5 Å². The monoisotopic (exact) mass is 275 g/mol. The molecule has 1 atom stereocenters. The van der Waals surface area contributed by atoms with Gasteiger partial charge in [-0.1, -0.05) is 23.4 Å². The third-order valence-corrected chi connectivity index (χ3v) is 3.24. The van der Waals surface area contributed by atoms with E-state index in [1.165, 1.54) is 0 Å². The molecule has 6 nitrogen and oxygen atoms in total. The van der Waals surface area contributed by atoms with E-state index in [4.69, 9.17) is 14.0 Å². The molecular weight excluding hydrogens is 258 g/mol. The number of ether oxygens (including phenoxy) is 2. The fourth-order valence-corrected chi connectivity index (χ4v) is 2.22. The summed E-state index contributed by atoms with van der Waals surface area (Å²) < 4.78 is 16.0. The number of benzene rings is 1. The van der Waals surface area contributed by atoms with Crippen molar-refractivity contribution in [1.29, 1.82) is 0 Å². The highest BCUT2D eigenvalue weighted by Crippen LogP contribution is 2.21. The second-order valence-corrected chi connectivity index (χ2v) is 4.62. The molecule has 1 saturated heterocycles. The van der Waals surface area contributed by atoms with Crippen LogP contribution in [0.1, 0.15) is 23.3 Å². The van der Waals surface area contributed by atoms with Crippen LogP contribution >= 0.6 is 0 Å². The molecule has 0 radical (unpaired) electrons. The van der Waals surface area contributed by atoms with E-state index in [0.29, 0.717) is 24.7 Å². The van der Waals surface area contributed by atoms with Gasteiger partial charge in [-0.25, -0.2) is 0 Å². The molecule has 1 aromatic heterocycles. The Bertz CT molecular complexity index is 564. The van der Waals surface area contributed by atoms with Crippen LogP contribution in [0.4, 0.5) is 0 Å². The standard InChI is InChI=1S/C14H17N3O3/c1-18-12-5-3-2-4-10(12)8-13-16-14(20-17-13)11-9-19-7-6-15-11/h2-5,11,15H,6-9H2,1H3. The van der Waals surface area contributed by atoms with Crippen LogP contribution in [0.15, 0.2) is 28.8 Å². The summed E-state index contributed by atoms with van der Waals surface area (Å²) in [4.78, 5) is 4.43. The summed E-state index contributed by atoms with van der Waals surface area (Å²) in [6.45, 7) is 2.09. The van der Waals surface area contributed by atoms with Gasteiger partial charge >= 0.3 is 0 Å². The summed E-state index contributed by atoms with van der Waals surface area (Å²) >= 11 is 0. The lowest BCUT2D eigenvalue weighted by Gasteiger charge is -2.20. The van der Waals surface area contributed by atoms with Gasteiger partial charge in [0.15, 0.2) is 5.82 Å². The lowest BCUT2D eigenvalue weighted by Crippen LogP contribution is -2.34. The molecule has 1 aliphatic heterocycles. The molecule has 2 aromatic rings. The smallest absolute Gasteiger partial charge is 0.246 e. The Balaban J connectivity index is 1.73. The van der Waals surface area contributed by atoms with Gasteiger partial charge in [0.25, 0.3) is 0 Å². The third-order valence-electron chi connectivity index (χ3n) is 3.24. The summed E-state index contributed by atoms with van der Waals surface area (Å²) in [7, 11) is 1.66. The molecule has 0 bridgehead atoms. The number of morpholine rings is 1. The van der Waals surface area contributed by atoms with Crippen molar-refractivity contribution in [2.75, 3.05) is 26.9 Å². The van der Waals surface area contributed by atoms with Crippen molar-refractivity contribution in [3.05, 3.63) is 41.5 Å². The number of nitrogens with zero attached hydrogens (tertiary/aromatic N) is 2. The first-order valence-corrected chi connectivity index (χ1v) is 6.62. The topological polar surface area (TPSA) is 69.4 Å². The summed E-state index contributed by atoms with van der Waals surface area (Å²) in [5, 5.41) is 7.31. The number of aromatic nitrogens is 2. The Hall–Kier alpha value is -1.92. The van der Waals surface area contributed by atoms with Crippen LogP contribution < -0.4 is 10.1 Å². The van der Waals surface area contributed by atoms with Crippen molar-refractivity contribution < 1.29 is 14.0 Å². The molecule has 1 unspecified atom stereocenters. The molecule has 0 amide bonds. The summed E-state index contributed by atoms with van der Waals surface area (Å²) in [6.07, 6.45) is 0.584. The zero-order chi connectivity index (χ0) is 13.8. The van der Waals surface area contributed by atoms with Crippen LogP contribution in [0.2, 0.25) is 0 Å². The summed E-state index contributed by atoms with van der Waals surface area (Å²) in [6, 6.07) is 7.81. The number of para-hydroxylation sites is 1. The Morgan fingerprint density at radius 2 is 2.30 bits per heavy atom. The van der Waals surface area contributed by atoms with Crippen LogP contribution in [-0.2, 0) is 11.2 Å². The molecule has 1 aromatic carbocycles. The summed E-state index contributed by atoms with van der Waals surface area (Å²) in [5.74, 6) is 2.06. The van der Waals surface area contributed by atoms with Gasteiger partial charge < -0.3 is 19.3 Å². The number of hydrogen-bond acceptors (Lipinski definition) is 6. The van der Waals surface area contributed by atoms with E-state index in [-0.39, 0.29) is 6.04 Å². The Morgan fingerprint density at radius 1 is 1.40 bits per heavy atom. The molecule has 3 rings (SSSR count). The van der Waals surface area contributed by atoms with Crippen LogP contribution in [0.25, 0.3) is 0 Å². The molecule has 1 N–H and O–H groups in total. The van der Waals surface area contributed by atoms with E-state index in [9.17, 15) is 0 Å². The lowest BCUT2D eigenvalue weighted by molar-refractivity contribution is 0.0659. The molecule has 20 heavy (non-hydrogen) atoms. The first-order chi connectivity index (χ1) is 9.86. The van der Waals surface area contributed by atoms with E-state index in [1.807, 2.05) is 24.3 Å². The predicted molar refractivity (Wildman–Crippen MR) is 71.7 cm³/mol. The Labute approximate surface area is 117 Å². The van der Waals surface area contributed by atoms with Crippen LogP contribution in [0, 0.1) is 0 Å².